The molecule has 1 saturated heterocycles. The summed E-state index contributed by atoms with van der Waals surface area (Å²) in [4.78, 5) is 2.59. The van der Waals surface area contributed by atoms with Crippen LogP contribution >= 0.6 is 0 Å². The van der Waals surface area contributed by atoms with Gasteiger partial charge in [-0.1, -0.05) is 27.2 Å². The van der Waals surface area contributed by atoms with Crippen LogP contribution < -0.4 is 5.32 Å². The summed E-state index contributed by atoms with van der Waals surface area (Å²) in [5.74, 6) is 0. The predicted octanol–water partition coefficient (Wildman–Crippen LogP) is 2.66. The Morgan fingerprint density at radius 2 is 2.11 bits per heavy atom. The van der Waals surface area contributed by atoms with E-state index in [0.29, 0.717) is 12.1 Å². The van der Waals surface area contributed by atoms with Crippen LogP contribution in [0.25, 0.3) is 0 Å². The molecule has 0 aromatic rings. The van der Waals surface area contributed by atoms with Gasteiger partial charge in [0.05, 0.1) is 6.10 Å². The van der Waals surface area contributed by atoms with Crippen LogP contribution in [0, 0.1) is 0 Å². The molecule has 108 valence electrons. The first-order chi connectivity index (χ1) is 8.72. The van der Waals surface area contributed by atoms with Gasteiger partial charge in [0.1, 0.15) is 0 Å². The zero-order valence-electron chi connectivity index (χ0n) is 12.6. The summed E-state index contributed by atoms with van der Waals surface area (Å²) in [7, 11) is 0. The largest absolute Gasteiger partial charge is 0.377 e. The molecule has 0 radical (unpaired) electrons. The zero-order chi connectivity index (χ0) is 13.2. The molecule has 0 aromatic carbocycles. The molecule has 0 amide bonds. The fourth-order valence-electron chi connectivity index (χ4n) is 2.45. The fraction of sp³-hybridized carbons (Fsp3) is 1.00. The van der Waals surface area contributed by atoms with Crippen molar-refractivity contribution < 1.29 is 4.74 Å². The van der Waals surface area contributed by atoms with Gasteiger partial charge in [0.2, 0.25) is 0 Å². The summed E-state index contributed by atoms with van der Waals surface area (Å²) >= 11 is 0. The van der Waals surface area contributed by atoms with E-state index < -0.39 is 0 Å². The third-order valence-electron chi connectivity index (χ3n) is 3.59. The molecule has 0 aromatic heterocycles. The molecule has 0 aliphatic carbocycles. The van der Waals surface area contributed by atoms with Gasteiger partial charge in [0.15, 0.2) is 0 Å². The Labute approximate surface area is 113 Å². The van der Waals surface area contributed by atoms with Crippen LogP contribution in [0.3, 0.4) is 0 Å². The first kappa shape index (κ1) is 15.9. The second-order valence-corrected chi connectivity index (χ2v) is 5.72. The van der Waals surface area contributed by atoms with Crippen molar-refractivity contribution in [1.29, 1.82) is 0 Å². The van der Waals surface area contributed by atoms with E-state index in [1.807, 2.05) is 0 Å². The Kier molecular flexibility index (Phi) is 8.64. The van der Waals surface area contributed by atoms with Gasteiger partial charge in [-0.15, -0.1) is 0 Å². The lowest BCUT2D eigenvalue weighted by molar-refractivity contribution is 0.0517. The van der Waals surface area contributed by atoms with Crippen LogP contribution in [-0.2, 0) is 4.74 Å². The highest BCUT2D eigenvalue weighted by Crippen LogP contribution is 2.09. The van der Waals surface area contributed by atoms with Crippen molar-refractivity contribution in [2.24, 2.45) is 0 Å². The van der Waals surface area contributed by atoms with Crippen LogP contribution in [0.4, 0.5) is 0 Å². The Hall–Kier alpha value is -0.120. The van der Waals surface area contributed by atoms with Crippen LogP contribution in [0.5, 0.6) is 0 Å². The van der Waals surface area contributed by atoms with Crippen molar-refractivity contribution >= 4 is 0 Å². The minimum absolute atomic E-state index is 0.468. The second kappa shape index (κ2) is 9.76. The molecule has 1 aliphatic rings. The highest BCUT2D eigenvalue weighted by Gasteiger charge is 2.16. The third-order valence-corrected chi connectivity index (χ3v) is 3.59. The number of hydrogen-bond acceptors (Lipinski definition) is 3. The minimum Gasteiger partial charge on any atom is -0.377 e. The predicted molar refractivity (Wildman–Crippen MR) is 78.1 cm³/mol. The van der Waals surface area contributed by atoms with E-state index >= 15 is 0 Å². The van der Waals surface area contributed by atoms with Gasteiger partial charge < -0.3 is 15.0 Å². The highest BCUT2D eigenvalue weighted by atomic mass is 16.5. The topological polar surface area (TPSA) is 24.5 Å². The van der Waals surface area contributed by atoms with Crippen molar-refractivity contribution in [2.45, 2.75) is 65.0 Å². The van der Waals surface area contributed by atoms with Gasteiger partial charge in [0, 0.05) is 25.7 Å². The summed E-state index contributed by atoms with van der Waals surface area (Å²) in [6.45, 7) is 12.4. The molecule has 0 spiro atoms. The second-order valence-electron chi connectivity index (χ2n) is 5.72. The summed E-state index contributed by atoms with van der Waals surface area (Å²) in [5, 5.41) is 3.48. The van der Waals surface area contributed by atoms with Gasteiger partial charge in [-0.3, -0.25) is 0 Å². The molecule has 1 N–H and O–H groups in total. The minimum atomic E-state index is 0.468. The molecular formula is C15H32N2O. The van der Waals surface area contributed by atoms with E-state index in [-0.39, 0.29) is 0 Å². The van der Waals surface area contributed by atoms with Crippen molar-refractivity contribution in [3.63, 3.8) is 0 Å². The first-order valence-corrected chi connectivity index (χ1v) is 7.79. The summed E-state index contributed by atoms with van der Waals surface area (Å²) in [5.41, 5.74) is 0. The molecule has 18 heavy (non-hydrogen) atoms. The maximum Gasteiger partial charge on any atom is 0.0699 e. The molecule has 0 saturated carbocycles. The summed E-state index contributed by atoms with van der Waals surface area (Å²) in [6, 6.07) is 0.623. The lowest BCUT2D eigenvalue weighted by Crippen LogP contribution is -2.32. The van der Waals surface area contributed by atoms with Crippen LogP contribution in [0.15, 0.2) is 0 Å². The SMILES string of the molecule is CCC1CN(CCCCCNC(C)C)CCCO1. The van der Waals surface area contributed by atoms with Gasteiger partial charge in [-0.25, -0.2) is 0 Å². The standard InChI is InChI=1S/C15H32N2O/c1-4-15-13-17(11-8-12-18-15)10-7-5-6-9-16-14(2)3/h14-16H,4-13H2,1-3H3. The molecule has 1 heterocycles. The van der Waals surface area contributed by atoms with Crippen molar-refractivity contribution in [3.8, 4) is 0 Å². The number of rotatable bonds is 8. The Bertz CT molecular complexity index is 197. The van der Waals surface area contributed by atoms with E-state index in [4.69, 9.17) is 4.74 Å². The van der Waals surface area contributed by atoms with E-state index in [1.54, 1.807) is 0 Å². The molecule has 0 bridgehead atoms. The first-order valence-electron chi connectivity index (χ1n) is 7.79. The molecule has 3 heteroatoms. The average molecular weight is 256 g/mol. The fourth-order valence-corrected chi connectivity index (χ4v) is 2.45. The normalized spacial score (nSPS) is 22.3. The number of nitrogens with one attached hydrogen (secondary N) is 1. The van der Waals surface area contributed by atoms with Crippen molar-refractivity contribution in [2.75, 3.05) is 32.8 Å². The molecular weight excluding hydrogens is 224 g/mol. The van der Waals surface area contributed by atoms with Crippen LogP contribution in [0.2, 0.25) is 0 Å². The van der Waals surface area contributed by atoms with E-state index in [2.05, 4.69) is 31.0 Å². The number of hydrogen-bond donors (Lipinski definition) is 1. The average Bonchev–Trinajstić information content (AvgIpc) is 2.58. The smallest absolute Gasteiger partial charge is 0.0699 e. The quantitative estimate of drug-likeness (QED) is 0.676. The number of unbranched alkanes of at least 4 members (excludes halogenated alkanes) is 2. The molecule has 1 rings (SSSR count). The van der Waals surface area contributed by atoms with Crippen molar-refractivity contribution in [1.82, 2.24) is 10.2 Å². The van der Waals surface area contributed by atoms with E-state index in [0.717, 1.165) is 19.6 Å². The lowest BCUT2D eigenvalue weighted by Gasteiger charge is -2.22. The maximum atomic E-state index is 5.80. The molecule has 1 fully saturated rings. The third kappa shape index (κ3) is 7.34. The highest BCUT2D eigenvalue weighted by molar-refractivity contribution is 4.69. The monoisotopic (exact) mass is 256 g/mol. The summed E-state index contributed by atoms with van der Waals surface area (Å²) < 4.78 is 5.80. The van der Waals surface area contributed by atoms with Gasteiger partial charge in [-0.2, -0.15) is 0 Å². The molecule has 1 atom stereocenters. The van der Waals surface area contributed by atoms with E-state index in [1.165, 1.54) is 45.3 Å². The Morgan fingerprint density at radius 1 is 1.28 bits per heavy atom. The lowest BCUT2D eigenvalue weighted by atomic mass is 10.2. The number of ether oxygens (including phenoxy) is 1. The van der Waals surface area contributed by atoms with Gasteiger partial charge >= 0.3 is 0 Å². The Balaban J connectivity index is 2.03. The zero-order valence-corrected chi connectivity index (χ0v) is 12.6. The van der Waals surface area contributed by atoms with Gasteiger partial charge in [-0.05, 0) is 38.8 Å². The van der Waals surface area contributed by atoms with E-state index in [9.17, 15) is 0 Å². The molecule has 1 unspecified atom stereocenters. The molecule has 1 aliphatic heterocycles. The van der Waals surface area contributed by atoms with Crippen LogP contribution in [0.1, 0.15) is 52.9 Å². The number of nitrogens with zero attached hydrogens (tertiary/aromatic N) is 1. The van der Waals surface area contributed by atoms with Crippen molar-refractivity contribution in [3.05, 3.63) is 0 Å². The van der Waals surface area contributed by atoms with Crippen LogP contribution in [-0.4, -0.2) is 49.8 Å². The summed E-state index contributed by atoms with van der Waals surface area (Å²) in [6.07, 6.45) is 6.79. The Morgan fingerprint density at radius 3 is 2.83 bits per heavy atom. The molecule has 3 nitrogen and oxygen atoms in total. The van der Waals surface area contributed by atoms with Gasteiger partial charge in [0.25, 0.3) is 0 Å². The maximum absolute atomic E-state index is 5.80.